The van der Waals surface area contributed by atoms with E-state index in [9.17, 15) is 4.79 Å². The molecule has 0 amide bonds. The molecule has 1 saturated carbocycles. The molecule has 0 bridgehead atoms. The first-order valence-electron chi connectivity index (χ1n) is 4.69. The van der Waals surface area contributed by atoms with E-state index in [0.29, 0.717) is 6.61 Å². The van der Waals surface area contributed by atoms with Crippen LogP contribution in [-0.2, 0) is 9.53 Å². The highest BCUT2D eigenvalue weighted by Gasteiger charge is 2.16. The van der Waals surface area contributed by atoms with Crippen LogP contribution in [0.25, 0.3) is 0 Å². The van der Waals surface area contributed by atoms with Gasteiger partial charge < -0.3 is 9.84 Å². The molecule has 1 N–H and O–H groups in total. The van der Waals surface area contributed by atoms with Crippen LogP contribution in [0.1, 0.15) is 25.7 Å². The van der Waals surface area contributed by atoms with Gasteiger partial charge in [-0.25, -0.2) is 4.79 Å². The lowest BCUT2D eigenvalue weighted by molar-refractivity contribution is -0.133. The summed E-state index contributed by atoms with van der Waals surface area (Å²) in [5.41, 5.74) is 0.133. The SMILES string of the molecule is C=C(COCCC1CCC1)C(=O)O. The van der Waals surface area contributed by atoms with Crippen molar-refractivity contribution in [3.8, 4) is 0 Å². The molecule has 0 heterocycles. The molecule has 0 aliphatic heterocycles. The standard InChI is InChI=1S/C10H16O3/c1-8(10(11)12)7-13-6-5-9-3-2-4-9/h9H,1-7H2,(H,11,12). The van der Waals surface area contributed by atoms with Crippen molar-refractivity contribution in [1.82, 2.24) is 0 Å². The summed E-state index contributed by atoms with van der Waals surface area (Å²) in [5.74, 6) is -0.151. The summed E-state index contributed by atoms with van der Waals surface area (Å²) < 4.78 is 5.18. The second kappa shape index (κ2) is 5.02. The minimum absolute atomic E-state index is 0.133. The maximum atomic E-state index is 10.3. The highest BCUT2D eigenvalue weighted by molar-refractivity contribution is 5.85. The van der Waals surface area contributed by atoms with Crippen molar-refractivity contribution < 1.29 is 14.6 Å². The summed E-state index contributed by atoms with van der Waals surface area (Å²) in [7, 11) is 0. The molecule has 74 valence electrons. The molecule has 0 radical (unpaired) electrons. The Kier molecular flexibility index (Phi) is 3.96. The number of hydrogen-bond donors (Lipinski definition) is 1. The lowest BCUT2D eigenvalue weighted by Crippen LogP contribution is -2.15. The number of carboxylic acids is 1. The first-order chi connectivity index (χ1) is 6.20. The Morgan fingerprint density at radius 2 is 2.23 bits per heavy atom. The Labute approximate surface area is 78.4 Å². The molecular weight excluding hydrogens is 168 g/mol. The molecule has 1 rings (SSSR count). The van der Waals surface area contributed by atoms with E-state index in [-0.39, 0.29) is 12.2 Å². The quantitative estimate of drug-likeness (QED) is 0.506. The first-order valence-corrected chi connectivity index (χ1v) is 4.69. The van der Waals surface area contributed by atoms with Crippen LogP contribution < -0.4 is 0 Å². The molecule has 0 spiro atoms. The van der Waals surface area contributed by atoms with Crippen molar-refractivity contribution in [2.24, 2.45) is 5.92 Å². The smallest absolute Gasteiger partial charge is 0.333 e. The Bertz CT molecular complexity index is 194. The number of carboxylic acid groups (broad SMARTS) is 1. The largest absolute Gasteiger partial charge is 0.478 e. The van der Waals surface area contributed by atoms with Gasteiger partial charge in [0.15, 0.2) is 0 Å². The van der Waals surface area contributed by atoms with Crippen LogP contribution in [-0.4, -0.2) is 24.3 Å². The van der Waals surface area contributed by atoms with Crippen molar-refractivity contribution in [1.29, 1.82) is 0 Å². The van der Waals surface area contributed by atoms with Gasteiger partial charge in [-0.15, -0.1) is 0 Å². The van der Waals surface area contributed by atoms with Crippen molar-refractivity contribution in [3.05, 3.63) is 12.2 Å². The Morgan fingerprint density at radius 1 is 1.54 bits per heavy atom. The molecular formula is C10H16O3. The van der Waals surface area contributed by atoms with Gasteiger partial charge in [0.25, 0.3) is 0 Å². The van der Waals surface area contributed by atoms with Gasteiger partial charge in [-0.1, -0.05) is 25.8 Å². The fraction of sp³-hybridized carbons (Fsp3) is 0.700. The Hall–Kier alpha value is -0.830. The van der Waals surface area contributed by atoms with E-state index < -0.39 is 5.97 Å². The number of hydrogen-bond acceptors (Lipinski definition) is 2. The molecule has 0 atom stereocenters. The third-order valence-corrected chi connectivity index (χ3v) is 2.47. The minimum atomic E-state index is -0.969. The van der Waals surface area contributed by atoms with Crippen LogP contribution in [0.3, 0.4) is 0 Å². The molecule has 1 aliphatic carbocycles. The first kappa shape index (κ1) is 10.3. The predicted octanol–water partition coefficient (Wildman–Crippen LogP) is 1.83. The molecule has 13 heavy (non-hydrogen) atoms. The van der Waals surface area contributed by atoms with Crippen LogP contribution in [0.4, 0.5) is 0 Å². The maximum Gasteiger partial charge on any atom is 0.333 e. The van der Waals surface area contributed by atoms with E-state index in [0.717, 1.165) is 12.3 Å². The average molecular weight is 184 g/mol. The van der Waals surface area contributed by atoms with Gasteiger partial charge >= 0.3 is 5.97 Å². The second-order valence-electron chi connectivity index (χ2n) is 3.55. The summed E-state index contributed by atoms with van der Waals surface area (Å²) in [4.78, 5) is 10.3. The van der Waals surface area contributed by atoms with Gasteiger partial charge in [0.2, 0.25) is 0 Å². The van der Waals surface area contributed by atoms with E-state index in [1.807, 2.05) is 0 Å². The molecule has 0 unspecified atom stereocenters. The van der Waals surface area contributed by atoms with Crippen molar-refractivity contribution >= 4 is 5.97 Å². The van der Waals surface area contributed by atoms with Crippen LogP contribution in [0.5, 0.6) is 0 Å². The lowest BCUT2D eigenvalue weighted by Gasteiger charge is -2.24. The molecule has 0 aromatic heterocycles. The van der Waals surface area contributed by atoms with E-state index in [1.54, 1.807) is 0 Å². The zero-order valence-corrected chi connectivity index (χ0v) is 7.79. The Balaban J connectivity index is 1.94. The highest BCUT2D eigenvalue weighted by Crippen LogP contribution is 2.29. The van der Waals surface area contributed by atoms with Crippen LogP contribution in [0.2, 0.25) is 0 Å². The fourth-order valence-electron chi connectivity index (χ4n) is 1.29. The van der Waals surface area contributed by atoms with Gasteiger partial charge in [0.1, 0.15) is 0 Å². The number of carbonyl (C=O) groups is 1. The normalized spacial score (nSPS) is 16.6. The topological polar surface area (TPSA) is 46.5 Å². The molecule has 1 fully saturated rings. The van der Waals surface area contributed by atoms with E-state index >= 15 is 0 Å². The van der Waals surface area contributed by atoms with Gasteiger partial charge in [-0.05, 0) is 12.3 Å². The fourth-order valence-corrected chi connectivity index (χ4v) is 1.29. The Morgan fingerprint density at radius 3 is 2.69 bits per heavy atom. The number of ether oxygens (including phenoxy) is 1. The molecule has 0 aromatic rings. The van der Waals surface area contributed by atoms with E-state index in [2.05, 4.69) is 6.58 Å². The van der Waals surface area contributed by atoms with Gasteiger partial charge in [0, 0.05) is 6.61 Å². The van der Waals surface area contributed by atoms with Crippen molar-refractivity contribution in [2.75, 3.05) is 13.2 Å². The molecule has 3 nitrogen and oxygen atoms in total. The summed E-state index contributed by atoms with van der Waals surface area (Å²) in [6, 6.07) is 0. The minimum Gasteiger partial charge on any atom is -0.478 e. The average Bonchev–Trinajstić information content (AvgIpc) is 2.00. The van der Waals surface area contributed by atoms with E-state index in [4.69, 9.17) is 9.84 Å². The van der Waals surface area contributed by atoms with Crippen LogP contribution in [0.15, 0.2) is 12.2 Å². The molecule has 1 aliphatic rings. The lowest BCUT2D eigenvalue weighted by atomic mass is 9.83. The van der Waals surface area contributed by atoms with Gasteiger partial charge in [-0.2, -0.15) is 0 Å². The summed E-state index contributed by atoms with van der Waals surface area (Å²) >= 11 is 0. The molecule has 3 heteroatoms. The number of rotatable bonds is 6. The highest BCUT2D eigenvalue weighted by atomic mass is 16.5. The maximum absolute atomic E-state index is 10.3. The molecule has 0 saturated heterocycles. The summed E-state index contributed by atoms with van der Waals surface area (Å²) in [6.45, 7) is 4.20. The second-order valence-corrected chi connectivity index (χ2v) is 3.55. The monoisotopic (exact) mass is 184 g/mol. The third kappa shape index (κ3) is 3.59. The predicted molar refractivity (Wildman–Crippen MR) is 49.6 cm³/mol. The van der Waals surface area contributed by atoms with Gasteiger partial charge in [-0.3, -0.25) is 0 Å². The van der Waals surface area contributed by atoms with Crippen molar-refractivity contribution in [3.63, 3.8) is 0 Å². The van der Waals surface area contributed by atoms with Crippen LogP contribution >= 0.6 is 0 Å². The zero-order chi connectivity index (χ0) is 9.68. The third-order valence-electron chi connectivity index (χ3n) is 2.47. The summed E-state index contributed by atoms with van der Waals surface area (Å²) in [5, 5.41) is 8.47. The number of aliphatic carboxylic acids is 1. The van der Waals surface area contributed by atoms with Gasteiger partial charge in [0.05, 0.1) is 12.2 Å². The van der Waals surface area contributed by atoms with Crippen LogP contribution in [0, 0.1) is 5.92 Å². The summed E-state index contributed by atoms with van der Waals surface area (Å²) in [6.07, 6.45) is 5.02. The zero-order valence-electron chi connectivity index (χ0n) is 7.79. The molecule has 0 aromatic carbocycles. The van der Waals surface area contributed by atoms with Crippen molar-refractivity contribution in [2.45, 2.75) is 25.7 Å². The van der Waals surface area contributed by atoms with E-state index in [1.165, 1.54) is 19.3 Å².